The van der Waals surface area contributed by atoms with Gasteiger partial charge in [-0.3, -0.25) is 0 Å². The summed E-state index contributed by atoms with van der Waals surface area (Å²) in [6.45, 7) is 0.882. The van der Waals surface area contributed by atoms with Crippen LogP contribution in [0.2, 0.25) is 0 Å². The van der Waals surface area contributed by atoms with Crippen molar-refractivity contribution in [3.8, 4) is 11.5 Å². The molecule has 0 aliphatic carbocycles. The van der Waals surface area contributed by atoms with Crippen LogP contribution in [0.15, 0.2) is 47.6 Å². The highest BCUT2D eigenvalue weighted by Crippen LogP contribution is 2.34. The van der Waals surface area contributed by atoms with Crippen LogP contribution < -0.4 is 20.5 Å². The number of hydrogen-bond acceptors (Lipinski definition) is 5. The maximum Gasteiger partial charge on any atom is 0.231 e. The van der Waals surface area contributed by atoms with Crippen molar-refractivity contribution in [3.05, 3.63) is 53.6 Å². The first-order valence-corrected chi connectivity index (χ1v) is 6.46. The summed E-state index contributed by atoms with van der Waals surface area (Å²) in [6.07, 6.45) is 0. The molecule has 6 nitrogen and oxygen atoms in total. The van der Waals surface area contributed by atoms with Gasteiger partial charge in [-0.2, -0.15) is 0 Å². The molecule has 2 aromatic carbocycles. The molecule has 1 heterocycles. The summed E-state index contributed by atoms with van der Waals surface area (Å²) in [6, 6.07) is 13.2. The van der Waals surface area contributed by atoms with Gasteiger partial charge < -0.3 is 25.7 Å². The summed E-state index contributed by atoms with van der Waals surface area (Å²) in [5, 5.41) is 15.0. The molecule has 108 valence electrons. The van der Waals surface area contributed by atoms with Gasteiger partial charge in [0.05, 0.1) is 0 Å². The van der Waals surface area contributed by atoms with Gasteiger partial charge in [-0.15, -0.1) is 0 Å². The Hall–Kier alpha value is -2.89. The molecule has 0 fully saturated rings. The number of amidine groups is 1. The lowest BCUT2D eigenvalue weighted by molar-refractivity contribution is 0.174. The Morgan fingerprint density at radius 2 is 2.05 bits per heavy atom. The van der Waals surface area contributed by atoms with Crippen LogP contribution in [0.1, 0.15) is 11.1 Å². The lowest BCUT2D eigenvalue weighted by Gasteiger charge is -2.08. The lowest BCUT2D eigenvalue weighted by Crippen LogP contribution is -2.13. The number of nitrogens with zero attached hydrogens (tertiary/aromatic N) is 1. The molecule has 4 N–H and O–H groups in total. The molecule has 1 aliphatic rings. The molecule has 0 radical (unpaired) electrons. The van der Waals surface area contributed by atoms with Crippen LogP contribution in [0.25, 0.3) is 0 Å². The monoisotopic (exact) mass is 285 g/mol. The molecular weight excluding hydrogens is 270 g/mol. The van der Waals surface area contributed by atoms with E-state index in [1.807, 2.05) is 36.4 Å². The number of nitrogens with two attached hydrogens (primary N) is 1. The van der Waals surface area contributed by atoms with Crippen LogP contribution in [-0.2, 0) is 6.54 Å². The molecule has 0 saturated carbocycles. The second-order valence-electron chi connectivity index (χ2n) is 4.61. The molecule has 0 aromatic heterocycles. The number of hydrogen-bond donors (Lipinski definition) is 3. The molecule has 0 amide bonds. The number of oxime groups is 1. The first-order valence-electron chi connectivity index (χ1n) is 6.46. The number of ether oxygens (including phenoxy) is 2. The van der Waals surface area contributed by atoms with Gasteiger partial charge in [0, 0.05) is 23.9 Å². The smallest absolute Gasteiger partial charge is 0.231 e. The first-order chi connectivity index (χ1) is 10.3. The zero-order valence-electron chi connectivity index (χ0n) is 11.2. The van der Waals surface area contributed by atoms with E-state index in [0.29, 0.717) is 12.1 Å². The Balaban J connectivity index is 1.70. The molecule has 0 spiro atoms. The average Bonchev–Trinajstić information content (AvgIpc) is 3.00. The van der Waals surface area contributed by atoms with Crippen LogP contribution in [0.4, 0.5) is 5.69 Å². The minimum atomic E-state index is 0.0972. The predicted octanol–water partition coefficient (Wildman–Crippen LogP) is 2.12. The topological polar surface area (TPSA) is 89.1 Å². The number of anilines is 1. The van der Waals surface area contributed by atoms with E-state index in [0.717, 1.165) is 22.7 Å². The molecule has 2 aromatic rings. The fourth-order valence-corrected chi connectivity index (χ4v) is 2.11. The summed E-state index contributed by atoms with van der Waals surface area (Å²) in [4.78, 5) is 0. The highest BCUT2D eigenvalue weighted by molar-refractivity contribution is 5.97. The van der Waals surface area contributed by atoms with Crippen LogP contribution in [-0.4, -0.2) is 17.8 Å². The van der Waals surface area contributed by atoms with Crippen molar-refractivity contribution in [2.45, 2.75) is 6.54 Å². The van der Waals surface area contributed by atoms with Crippen molar-refractivity contribution < 1.29 is 14.7 Å². The van der Waals surface area contributed by atoms with Gasteiger partial charge in [0.25, 0.3) is 0 Å². The number of fused-ring (bicyclic) bond motifs is 1. The number of nitrogens with one attached hydrogen (secondary N) is 1. The van der Waals surface area contributed by atoms with Crippen LogP contribution >= 0.6 is 0 Å². The fraction of sp³-hybridized carbons (Fsp3) is 0.133. The summed E-state index contributed by atoms with van der Waals surface area (Å²) >= 11 is 0. The van der Waals surface area contributed by atoms with E-state index >= 15 is 0 Å². The van der Waals surface area contributed by atoms with E-state index in [-0.39, 0.29) is 12.6 Å². The largest absolute Gasteiger partial charge is 0.454 e. The molecular formula is C15H15N3O3. The van der Waals surface area contributed by atoms with Crippen molar-refractivity contribution in [1.29, 1.82) is 0 Å². The first kappa shape index (κ1) is 13.1. The second-order valence-corrected chi connectivity index (χ2v) is 4.61. The van der Waals surface area contributed by atoms with Crippen LogP contribution in [0.3, 0.4) is 0 Å². The zero-order chi connectivity index (χ0) is 14.7. The summed E-state index contributed by atoms with van der Waals surface area (Å²) in [5.41, 5.74) is 8.23. The van der Waals surface area contributed by atoms with E-state index in [1.165, 1.54) is 0 Å². The van der Waals surface area contributed by atoms with Gasteiger partial charge in [0.1, 0.15) is 0 Å². The molecule has 1 aliphatic heterocycles. The third-order valence-electron chi connectivity index (χ3n) is 3.20. The number of rotatable bonds is 4. The van der Waals surface area contributed by atoms with E-state index in [1.54, 1.807) is 6.07 Å². The summed E-state index contributed by atoms with van der Waals surface area (Å²) < 4.78 is 10.6. The third-order valence-corrected chi connectivity index (χ3v) is 3.20. The maximum absolute atomic E-state index is 8.70. The van der Waals surface area contributed by atoms with Crippen molar-refractivity contribution in [1.82, 2.24) is 0 Å². The van der Waals surface area contributed by atoms with Gasteiger partial charge in [0.15, 0.2) is 17.3 Å². The third kappa shape index (κ3) is 2.84. The van der Waals surface area contributed by atoms with Gasteiger partial charge in [-0.05, 0) is 23.8 Å². The van der Waals surface area contributed by atoms with Crippen molar-refractivity contribution >= 4 is 11.5 Å². The zero-order valence-corrected chi connectivity index (χ0v) is 11.2. The second kappa shape index (κ2) is 5.62. The fourth-order valence-electron chi connectivity index (χ4n) is 2.11. The molecule has 0 atom stereocenters. The molecule has 6 heteroatoms. The van der Waals surface area contributed by atoms with Gasteiger partial charge >= 0.3 is 0 Å². The molecule has 0 unspecified atom stereocenters. The predicted molar refractivity (Wildman–Crippen MR) is 78.8 cm³/mol. The Labute approximate surface area is 121 Å². The van der Waals surface area contributed by atoms with Gasteiger partial charge in [-0.1, -0.05) is 23.4 Å². The van der Waals surface area contributed by atoms with E-state index in [9.17, 15) is 0 Å². The van der Waals surface area contributed by atoms with E-state index < -0.39 is 0 Å². The minimum Gasteiger partial charge on any atom is -0.454 e. The Bertz CT molecular complexity index is 686. The van der Waals surface area contributed by atoms with Crippen LogP contribution in [0.5, 0.6) is 11.5 Å². The summed E-state index contributed by atoms with van der Waals surface area (Å²) in [5.74, 6) is 1.60. The molecule has 3 rings (SSSR count). The van der Waals surface area contributed by atoms with E-state index in [4.69, 9.17) is 20.4 Å². The summed E-state index contributed by atoms with van der Waals surface area (Å²) in [7, 11) is 0. The minimum absolute atomic E-state index is 0.0972. The molecule has 21 heavy (non-hydrogen) atoms. The highest BCUT2D eigenvalue weighted by atomic mass is 16.7. The number of benzene rings is 2. The Morgan fingerprint density at radius 3 is 2.90 bits per heavy atom. The van der Waals surface area contributed by atoms with Crippen LogP contribution in [0, 0.1) is 0 Å². The normalized spacial score (nSPS) is 13.2. The Morgan fingerprint density at radius 1 is 1.19 bits per heavy atom. The Kier molecular flexibility index (Phi) is 3.51. The lowest BCUT2D eigenvalue weighted by atomic mass is 10.1. The van der Waals surface area contributed by atoms with Gasteiger partial charge in [-0.25, -0.2) is 0 Å². The van der Waals surface area contributed by atoms with E-state index in [2.05, 4.69) is 10.5 Å². The van der Waals surface area contributed by atoms with Crippen molar-refractivity contribution in [3.63, 3.8) is 0 Å². The standard InChI is InChI=1S/C15H15N3O3/c16-15(18-19)11-3-1-2-10(6-11)8-17-12-4-5-13-14(7-12)21-9-20-13/h1-7,17,19H,8-9H2,(H2,16,18). The molecule has 0 saturated heterocycles. The van der Waals surface area contributed by atoms with Crippen molar-refractivity contribution in [2.75, 3.05) is 12.1 Å². The van der Waals surface area contributed by atoms with Gasteiger partial charge in [0.2, 0.25) is 6.79 Å². The highest BCUT2D eigenvalue weighted by Gasteiger charge is 2.12. The van der Waals surface area contributed by atoms with Crippen molar-refractivity contribution in [2.24, 2.45) is 10.9 Å². The average molecular weight is 285 g/mol. The maximum atomic E-state index is 8.70. The SMILES string of the molecule is NC(=NO)c1cccc(CNc2ccc3c(c2)OCO3)c1. The molecule has 0 bridgehead atoms. The quantitative estimate of drug-likeness (QED) is 0.346.